The van der Waals surface area contributed by atoms with Crippen molar-refractivity contribution in [2.75, 3.05) is 19.0 Å². The lowest BCUT2D eigenvalue weighted by Crippen LogP contribution is -2.36. The molecule has 1 unspecified atom stereocenters. The summed E-state index contributed by atoms with van der Waals surface area (Å²) in [5.41, 5.74) is 9.94. The average molecular weight is 305 g/mol. The fourth-order valence-corrected chi connectivity index (χ4v) is 3.02. The number of benzene rings is 1. The van der Waals surface area contributed by atoms with Crippen molar-refractivity contribution in [2.45, 2.75) is 59.4 Å². The molecule has 1 aromatic rings. The van der Waals surface area contributed by atoms with E-state index in [0.717, 1.165) is 25.1 Å². The zero-order valence-electron chi connectivity index (χ0n) is 14.9. The highest BCUT2D eigenvalue weighted by Crippen LogP contribution is 2.30. The Kier molecular flexibility index (Phi) is 7.39. The first kappa shape index (κ1) is 18.5. The molecular formula is C18H31N3O. The molecule has 0 aliphatic carbocycles. The number of carbonyl (C=O) groups is 1. The van der Waals surface area contributed by atoms with Crippen LogP contribution >= 0.6 is 0 Å². The van der Waals surface area contributed by atoms with Crippen molar-refractivity contribution in [1.82, 2.24) is 10.3 Å². The second kappa shape index (κ2) is 8.79. The van der Waals surface area contributed by atoms with E-state index in [2.05, 4.69) is 56.7 Å². The fourth-order valence-electron chi connectivity index (χ4n) is 3.02. The third-order valence-electron chi connectivity index (χ3n) is 4.31. The van der Waals surface area contributed by atoms with Gasteiger partial charge in [-0.1, -0.05) is 19.1 Å². The molecule has 4 nitrogen and oxygen atoms in total. The van der Waals surface area contributed by atoms with E-state index in [0.29, 0.717) is 5.92 Å². The van der Waals surface area contributed by atoms with Crippen LogP contribution in [0.15, 0.2) is 18.2 Å². The summed E-state index contributed by atoms with van der Waals surface area (Å²) in [6, 6.07) is 6.64. The predicted molar refractivity (Wildman–Crippen MR) is 94.0 cm³/mol. The third kappa shape index (κ3) is 4.73. The maximum absolute atomic E-state index is 11.7. The highest BCUT2D eigenvalue weighted by atomic mass is 16.2. The topological polar surface area (TPSA) is 44.4 Å². The SMILES string of the molecule is CCC(CCN(C(C)=O)C(C)C)c1cccc(NNC)c1C. The van der Waals surface area contributed by atoms with Crippen LogP contribution in [0, 0.1) is 6.92 Å². The lowest BCUT2D eigenvalue weighted by molar-refractivity contribution is -0.130. The summed E-state index contributed by atoms with van der Waals surface area (Å²) >= 11 is 0. The number of hydrogen-bond acceptors (Lipinski definition) is 3. The highest BCUT2D eigenvalue weighted by Gasteiger charge is 2.18. The van der Waals surface area contributed by atoms with Crippen molar-refractivity contribution >= 4 is 11.6 Å². The maximum Gasteiger partial charge on any atom is 0.219 e. The second-order valence-electron chi connectivity index (χ2n) is 6.09. The van der Waals surface area contributed by atoms with Crippen molar-refractivity contribution in [1.29, 1.82) is 0 Å². The van der Waals surface area contributed by atoms with Crippen LogP contribution in [0.1, 0.15) is 57.6 Å². The van der Waals surface area contributed by atoms with Crippen LogP contribution in [0.25, 0.3) is 0 Å². The van der Waals surface area contributed by atoms with Crippen molar-refractivity contribution in [2.24, 2.45) is 0 Å². The average Bonchev–Trinajstić information content (AvgIpc) is 2.46. The molecule has 0 radical (unpaired) electrons. The lowest BCUT2D eigenvalue weighted by atomic mass is 9.89. The number of carbonyl (C=O) groups excluding carboxylic acids is 1. The van der Waals surface area contributed by atoms with Gasteiger partial charge in [0.2, 0.25) is 5.91 Å². The number of rotatable bonds is 8. The van der Waals surface area contributed by atoms with E-state index in [4.69, 9.17) is 0 Å². The molecule has 2 N–H and O–H groups in total. The van der Waals surface area contributed by atoms with Crippen molar-refractivity contribution < 1.29 is 4.79 Å². The fraction of sp³-hybridized carbons (Fsp3) is 0.611. The Morgan fingerprint density at radius 3 is 2.50 bits per heavy atom. The molecule has 0 fully saturated rings. The zero-order chi connectivity index (χ0) is 16.7. The van der Waals surface area contributed by atoms with E-state index < -0.39 is 0 Å². The minimum Gasteiger partial charge on any atom is -0.340 e. The molecule has 1 atom stereocenters. The standard InChI is InChI=1S/C18H31N3O/c1-7-16(11-12-21(13(2)3)15(5)22)17-9-8-10-18(14(17)4)20-19-6/h8-10,13,16,19-20H,7,11-12H2,1-6H3. The van der Waals surface area contributed by atoms with Gasteiger partial charge in [0.1, 0.15) is 0 Å². The van der Waals surface area contributed by atoms with Gasteiger partial charge in [-0.05, 0) is 56.7 Å². The van der Waals surface area contributed by atoms with Gasteiger partial charge in [-0.2, -0.15) is 0 Å². The molecule has 0 saturated heterocycles. The van der Waals surface area contributed by atoms with Crippen LogP contribution in [0.2, 0.25) is 0 Å². The van der Waals surface area contributed by atoms with E-state index in [1.807, 2.05) is 11.9 Å². The van der Waals surface area contributed by atoms with Crippen LogP contribution < -0.4 is 10.9 Å². The number of hydrogen-bond donors (Lipinski definition) is 2. The van der Waals surface area contributed by atoms with Gasteiger partial charge in [-0.3, -0.25) is 4.79 Å². The largest absolute Gasteiger partial charge is 0.340 e. The number of nitrogens with zero attached hydrogens (tertiary/aromatic N) is 1. The predicted octanol–water partition coefficient (Wildman–Crippen LogP) is 3.68. The quantitative estimate of drug-likeness (QED) is 0.720. The maximum atomic E-state index is 11.7. The molecule has 0 aliphatic rings. The van der Waals surface area contributed by atoms with Gasteiger partial charge in [0.15, 0.2) is 0 Å². The molecule has 1 amide bonds. The first-order valence-electron chi connectivity index (χ1n) is 8.21. The Morgan fingerprint density at radius 2 is 2.00 bits per heavy atom. The molecule has 0 heterocycles. The molecule has 4 heteroatoms. The number of anilines is 1. The Hall–Kier alpha value is -1.55. The van der Waals surface area contributed by atoms with Crippen LogP contribution in [0.5, 0.6) is 0 Å². The molecule has 0 aliphatic heterocycles. The van der Waals surface area contributed by atoms with Gasteiger partial charge in [0.05, 0.1) is 5.69 Å². The summed E-state index contributed by atoms with van der Waals surface area (Å²) in [6.07, 6.45) is 2.08. The van der Waals surface area contributed by atoms with E-state index in [-0.39, 0.29) is 11.9 Å². The van der Waals surface area contributed by atoms with Crippen molar-refractivity contribution in [3.8, 4) is 0 Å². The molecule has 0 aromatic heterocycles. The van der Waals surface area contributed by atoms with E-state index in [1.165, 1.54) is 11.1 Å². The third-order valence-corrected chi connectivity index (χ3v) is 4.31. The van der Waals surface area contributed by atoms with Gasteiger partial charge in [-0.15, -0.1) is 0 Å². The van der Waals surface area contributed by atoms with Gasteiger partial charge in [0, 0.05) is 26.6 Å². The molecule has 0 spiro atoms. The molecule has 22 heavy (non-hydrogen) atoms. The molecule has 0 saturated carbocycles. The van der Waals surface area contributed by atoms with Crippen LogP contribution in [-0.2, 0) is 4.79 Å². The molecule has 1 rings (SSSR count). The van der Waals surface area contributed by atoms with Crippen molar-refractivity contribution in [3.63, 3.8) is 0 Å². The van der Waals surface area contributed by atoms with Gasteiger partial charge < -0.3 is 10.3 Å². The molecule has 124 valence electrons. The molecule has 1 aromatic carbocycles. The summed E-state index contributed by atoms with van der Waals surface area (Å²) in [7, 11) is 1.87. The van der Waals surface area contributed by atoms with E-state index in [9.17, 15) is 4.79 Å². The summed E-state index contributed by atoms with van der Waals surface area (Å²) < 4.78 is 0. The van der Waals surface area contributed by atoms with Crippen molar-refractivity contribution in [3.05, 3.63) is 29.3 Å². The van der Waals surface area contributed by atoms with Gasteiger partial charge >= 0.3 is 0 Å². The van der Waals surface area contributed by atoms with Crippen LogP contribution in [0.3, 0.4) is 0 Å². The first-order chi connectivity index (χ1) is 10.4. The monoisotopic (exact) mass is 305 g/mol. The number of amides is 1. The number of nitrogens with one attached hydrogen (secondary N) is 2. The number of hydrazine groups is 1. The van der Waals surface area contributed by atoms with E-state index in [1.54, 1.807) is 6.92 Å². The zero-order valence-corrected chi connectivity index (χ0v) is 14.9. The van der Waals surface area contributed by atoms with E-state index >= 15 is 0 Å². The first-order valence-corrected chi connectivity index (χ1v) is 8.21. The smallest absolute Gasteiger partial charge is 0.219 e. The summed E-state index contributed by atoms with van der Waals surface area (Å²) in [5.74, 6) is 0.631. The normalized spacial score (nSPS) is 12.3. The Labute approximate surface area is 135 Å². The Morgan fingerprint density at radius 1 is 1.32 bits per heavy atom. The Balaban J connectivity index is 2.88. The second-order valence-corrected chi connectivity index (χ2v) is 6.09. The molecule has 0 bridgehead atoms. The minimum atomic E-state index is 0.159. The summed E-state index contributed by atoms with van der Waals surface area (Å²) in [6.45, 7) is 11.0. The lowest BCUT2D eigenvalue weighted by Gasteiger charge is -2.28. The van der Waals surface area contributed by atoms with Gasteiger partial charge in [0.25, 0.3) is 0 Å². The summed E-state index contributed by atoms with van der Waals surface area (Å²) in [5, 5.41) is 0. The minimum absolute atomic E-state index is 0.159. The van der Waals surface area contributed by atoms with Crippen LogP contribution in [0.4, 0.5) is 5.69 Å². The van der Waals surface area contributed by atoms with Crippen LogP contribution in [-0.4, -0.2) is 30.4 Å². The van der Waals surface area contributed by atoms with Gasteiger partial charge in [-0.25, -0.2) is 5.43 Å². The summed E-state index contributed by atoms with van der Waals surface area (Å²) in [4.78, 5) is 13.7. The molecular weight excluding hydrogens is 274 g/mol. The highest BCUT2D eigenvalue weighted by molar-refractivity contribution is 5.73. The Bertz CT molecular complexity index is 485.